The number of nitrogens with zero attached hydrogens (tertiary/aromatic N) is 1. The van der Waals surface area contributed by atoms with Crippen molar-refractivity contribution in [2.45, 2.75) is 27.4 Å². The number of rotatable bonds is 12. The lowest BCUT2D eigenvalue weighted by Gasteiger charge is -2.13. The van der Waals surface area contributed by atoms with E-state index in [0.717, 1.165) is 22.4 Å². The molecule has 0 saturated carbocycles. The molecule has 2 N–H and O–H groups in total. The number of nitrogens with one attached hydrogen (secondary N) is 2. The first-order valence-electron chi connectivity index (χ1n) is 13.4. The van der Waals surface area contributed by atoms with Crippen molar-refractivity contribution in [1.82, 2.24) is 5.43 Å². The molecule has 0 aromatic heterocycles. The van der Waals surface area contributed by atoms with Crippen LogP contribution >= 0.6 is 11.6 Å². The van der Waals surface area contributed by atoms with Crippen LogP contribution in [0.15, 0.2) is 90.0 Å². The zero-order chi connectivity index (χ0) is 29.9. The lowest BCUT2D eigenvalue weighted by Crippen LogP contribution is -2.21. The van der Waals surface area contributed by atoms with Crippen LogP contribution in [0, 0.1) is 13.8 Å². The number of hydrazone groups is 1. The molecule has 0 bridgehead atoms. The van der Waals surface area contributed by atoms with E-state index in [1.807, 2.05) is 69.3 Å². The average molecular weight is 586 g/mol. The minimum absolute atomic E-state index is 0.221. The van der Waals surface area contributed by atoms with Gasteiger partial charge >= 0.3 is 0 Å². The predicted octanol–water partition coefficient (Wildman–Crippen LogP) is 6.72. The SMILES string of the molecule is CCOc1cc(C(=O)N/N=C/c2cc(Cl)ccc2OCC(=O)Nc2ccc(C)cc2C)ccc1OCc1ccccc1. The van der Waals surface area contributed by atoms with Gasteiger partial charge < -0.3 is 19.5 Å². The molecule has 0 radical (unpaired) electrons. The third-order valence-corrected chi connectivity index (χ3v) is 6.33. The van der Waals surface area contributed by atoms with Gasteiger partial charge in [0, 0.05) is 21.8 Å². The van der Waals surface area contributed by atoms with E-state index in [-0.39, 0.29) is 12.5 Å². The molecular weight excluding hydrogens is 554 g/mol. The first-order valence-corrected chi connectivity index (χ1v) is 13.8. The van der Waals surface area contributed by atoms with Gasteiger partial charge in [-0.2, -0.15) is 5.10 Å². The third-order valence-electron chi connectivity index (χ3n) is 6.10. The number of hydrogen-bond donors (Lipinski definition) is 2. The lowest BCUT2D eigenvalue weighted by molar-refractivity contribution is -0.118. The zero-order valence-electron chi connectivity index (χ0n) is 23.6. The summed E-state index contributed by atoms with van der Waals surface area (Å²) in [6, 6.07) is 25.4. The summed E-state index contributed by atoms with van der Waals surface area (Å²) in [6.45, 7) is 6.33. The number of carbonyl (C=O) groups is 2. The number of benzene rings is 4. The Kier molecular flexibility index (Phi) is 10.6. The fraction of sp³-hybridized carbons (Fsp3) is 0.182. The molecule has 4 aromatic rings. The molecule has 0 heterocycles. The average Bonchev–Trinajstić information content (AvgIpc) is 2.98. The van der Waals surface area contributed by atoms with Gasteiger partial charge in [-0.05, 0) is 74.4 Å². The van der Waals surface area contributed by atoms with Crippen molar-refractivity contribution in [2.24, 2.45) is 5.10 Å². The molecule has 0 aliphatic rings. The monoisotopic (exact) mass is 585 g/mol. The molecule has 4 aromatic carbocycles. The Labute approximate surface area is 250 Å². The Hall–Kier alpha value is -4.82. The molecule has 0 aliphatic heterocycles. The van der Waals surface area contributed by atoms with Gasteiger partial charge in [-0.25, -0.2) is 5.43 Å². The molecule has 0 fully saturated rings. The van der Waals surface area contributed by atoms with Crippen LogP contribution in [-0.2, 0) is 11.4 Å². The van der Waals surface area contributed by atoms with Crippen molar-refractivity contribution in [3.63, 3.8) is 0 Å². The topological polar surface area (TPSA) is 98.3 Å². The summed E-state index contributed by atoms with van der Waals surface area (Å²) >= 11 is 6.17. The predicted molar refractivity (Wildman–Crippen MR) is 165 cm³/mol. The van der Waals surface area contributed by atoms with Crippen LogP contribution < -0.4 is 25.0 Å². The van der Waals surface area contributed by atoms with Crippen molar-refractivity contribution in [3.05, 3.63) is 118 Å². The second kappa shape index (κ2) is 14.7. The van der Waals surface area contributed by atoms with E-state index in [0.29, 0.717) is 46.6 Å². The number of halogens is 1. The van der Waals surface area contributed by atoms with Crippen molar-refractivity contribution < 1.29 is 23.8 Å². The summed E-state index contributed by atoms with van der Waals surface area (Å²) in [5, 5.41) is 7.37. The largest absolute Gasteiger partial charge is 0.490 e. The van der Waals surface area contributed by atoms with E-state index in [1.165, 1.54) is 6.21 Å². The molecule has 42 heavy (non-hydrogen) atoms. The van der Waals surface area contributed by atoms with Gasteiger partial charge in [0.25, 0.3) is 11.8 Å². The molecule has 0 spiro atoms. The first-order chi connectivity index (χ1) is 20.3. The lowest BCUT2D eigenvalue weighted by atomic mass is 10.1. The molecule has 0 saturated heterocycles. The van der Waals surface area contributed by atoms with Crippen LogP contribution in [-0.4, -0.2) is 31.2 Å². The van der Waals surface area contributed by atoms with Crippen molar-refractivity contribution >= 4 is 35.3 Å². The molecule has 0 atom stereocenters. The molecule has 216 valence electrons. The number of hydrogen-bond acceptors (Lipinski definition) is 6. The number of aryl methyl sites for hydroxylation is 2. The smallest absolute Gasteiger partial charge is 0.271 e. The summed E-state index contributed by atoms with van der Waals surface area (Å²) < 4.78 is 17.4. The molecule has 4 rings (SSSR count). The van der Waals surface area contributed by atoms with E-state index in [4.69, 9.17) is 25.8 Å². The number of ether oxygens (including phenoxy) is 3. The minimum Gasteiger partial charge on any atom is -0.490 e. The quantitative estimate of drug-likeness (QED) is 0.142. The zero-order valence-corrected chi connectivity index (χ0v) is 24.4. The first kappa shape index (κ1) is 30.1. The fourth-order valence-corrected chi connectivity index (χ4v) is 4.21. The van der Waals surface area contributed by atoms with E-state index < -0.39 is 5.91 Å². The van der Waals surface area contributed by atoms with Crippen molar-refractivity contribution in [1.29, 1.82) is 0 Å². The van der Waals surface area contributed by atoms with Gasteiger partial charge in [0.15, 0.2) is 18.1 Å². The molecule has 0 unspecified atom stereocenters. The summed E-state index contributed by atoms with van der Waals surface area (Å²) in [6.07, 6.45) is 1.40. The van der Waals surface area contributed by atoms with Crippen molar-refractivity contribution in [3.8, 4) is 17.2 Å². The maximum absolute atomic E-state index is 12.8. The highest BCUT2D eigenvalue weighted by Gasteiger charge is 2.13. The minimum atomic E-state index is -0.445. The van der Waals surface area contributed by atoms with Gasteiger partial charge in [0.2, 0.25) is 0 Å². The van der Waals surface area contributed by atoms with E-state index in [9.17, 15) is 9.59 Å². The van der Waals surface area contributed by atoms with Gasteiger partial charge in [0.1, 0.15) is 12.4 Å². The summed E-state index contributed by atoms with van der Waals surface area (Å²) in [4.78, 5) is 25.3. The Bertz CT molecular complexity index is 1570. The Balaban J connectivity index is 1.38. The Morgan fingerprint density at radius 2 is 1.64 bits per heavy atom. The van der Waals surface area contributed by atoms with Crippen LogP contribution in [0.1, 0.15) is 39.5 Å². The number of amides is 2. The van der Waals surface area contributed by atoms with Gasteiger partial charge in [-0.1, -0.05) is 59.6 Å². The standard InChI is InChI=1S/C33H32ClN3O5/c1-4-40-31-18-25(11-14-30(31)41-20-24-8-6-5-7-9-24)33(39)37-35-19-26-17-27(34)12-15-29(26)42-21-32(38)36-28-13-10-22(2)16-23(28)3/h5-19H,4,20-21H2,1-3H3,(H,36,38)(H,37,39)/b35-19+. The molecular formula is C33H32ClN3O5. The Morgan fingerprint density at radius 1 is 0.857 bits per heavy atom. The molecule has 8 nitrogen and oxygen atoms in total. The highest BCUT2D eigenvalue weighted by molar-refractivity contribution is 6.30. The second-order valence-electron chi connectivity index (χ2n) is 9.41. The van der Waals surface area contributed by atoms with Crippen LogP contribution in [0.3, 0.4) is 0 Å². The van der Waals surface area contributed by atoms with Crippen molar-refractivity contribution in [2.75, 3.05) is 18.5 Å². The van der Waals surface area contributed by atoms with Gasteiger partial charge in [-0.15, -0.1) is 0 Å². The summed E-state index contributed by atoms with van der Waals surface area (Å²) in [7, 11) is 0. The third kappa shape index (κ3) is 8.59. The number of carbonyl (C=O) groups excluding carboxylic acids is 2. The van der Waals surface area contributed by atoms with E-state index in [2.05, 4.69) is 15.8 Å². The molecule has 2 amide bonds. The van der Waals surface area contributed by atoms with Crippen LogP contribution in [0.2, 0.25) is 5.02 Å². The fourth-order valence-electron chi connectivity index (χ4n) is 4.03. The normalized spacial score (nSPS) is 10.8. The van der Waals surface area contributed by atoms with Gasteiger partial charge in [0.05, 0.1) is 12.8 Å². The highest BCUT2D eigenvalue weighted by atomic mass is 35.5. The second-order valence-corrected chi connectivity index (χ2v) is 9.84. The van der Waals surface area contributed by atoms with E-state index in [1.54, 1.807) is 36.4 Å². The molecule has 9 heteroatoms. The van der Waals surface area contributed by atoms with E-state index >= 15 is 0 Å². The molecule has 0 aliphatic carbocycles. The number of anilines is 1. The highest BCUT2D eigenvalue weighted by Crippen LogP contribution is 2.29. The maximum Gasteiger partial charge on any atom is 0.271 e. The maximum atomic E-state index is 12.8. The summed E-state index contributed by atoms with van der Waals surface area (Å²) in [5.41, 5.74) is 7.14. The van der Waals surface area contributed by atoms with Gasteiger partial charge in [-0.3, -0.25) is 9.59 Å². The van der Waals surface area contributed by atoms with Crippen LogP contribution in [0.4, 0.5) is 5.69 Å². The van der Waals surface area contributed by atoms with Crippen LogP contribution in [0.5, 0.6) is 17.2 Å². The van der Waals surface area contributed by atoms with Crippen LogP contribution in [0.25, 0.3) is 0 Å². The Morgan fingerprint density at radius 3 is 2.40 bits per heavy atom. The summed E-state index contributed by atoms with van der Waals surface area (Å²) in [5.74, 6) is 0.609.